The standard InChI is InChI=1S/C13H9BrN2O4/c14-11-7-8(13(17)18)1-6-12(11)15-9-2-4-10(5-3-9)16(19)20/h1-7,15H,(H,17,18). The van der Waals surface area contributed by atoms with E-state index >= 15 is 0 Å². The number of rotatable bonds is 4. The van der Waals surface area contributed by atoms with Crippen molar-refractivity contribution in [2.24, 2.45) is 0 Å². The van der Waals surface area contributed by atoms with E-state index in [1.54, 1.807) is 18.2 Å². The molecule has 0 saturated carbocycles. The van der Waals surface area contributed by atoms with Crippen LogP contribution in [0.25, 0.3) is 0 Å². The van der Waals surface area contributed by atoms with Crippen LogP contribution in [0.15, 0.2) is 46.9 Å². The van der Waals surface area contributed by atoms with Crippen molar-refractivity contribution in [1.82, 2.24) is 0 Å². The van der Waals surface area contributed by atoms with Gasteiger partial charge < -0.3 is 10.4 Å². The van der Waals surface area contributed by atoms with Crippen molar-refractivity contribution in [3.8, 4) is 0 Å². The molecule has 102 valence electrons. The number of nitro groups is 1. The van der Waals surface area contributed by atoms with Crippen molar-refractivity contribution in [3.05, 3.63) is 62.6 Å². The Kier molecular flexibility index (Phi) is 3.99. The molecule has 0 spiro atoms. The van der Waals surface area contributed by atoms with Gasteiger partial charge in [-0.05, 0) is 46.3 Å². The average molecular weight is 337 g/mol. The number of nitro benzene ring substituents is 1. The van der Waals surface area contributed by atoms with Gasteiger partial charge in [-0.15, -0.1) is 0 Å². The van der Waals surface area contributed by atoms with Crippen LogP contribution in [-0.4, -0.2) is 16.0 Å². The summed E-state index contributed by atoms with van der Waals surface area (Å²) in [7, 11) is 0. The molecule has 0 fully saturated rings. The summed E-state index contributed by atoms with van der Waals surface area (Å²) in [4.78, 5) is 20.9. The van der Waals surface area contributed by atoms with Crippen LogP contribution in [0.5, 0.6) is 0 Å². The Morgan fingerprint density at radius 3 is 2.35 bits per heavy atom. The zero-order valence-corrected chi connectivity index (χ0v) is 11.6. The van der Waals surface area contributed by atoms with Gasteiger partial charge in [0.05, 0.1) is 16.2 Å². The van der Waals surface area contributed by atoms with Gasteiger partial charge in [0.2, 0.25) is 0 Å². The average Bonchev–Trinajstić information content (AvgIpc) is 2.41. The minimum absolute atomic E-state index is 0.0100. The molecule has 0 aliphatic rings. The number of carbonyl (C=O) groups is 1. The van der Waals surface area contributed by atoms with Crippen molar-refractivity contribution < 1.29 is 14.8 Å². The maximum Gasteiger partial charge on any atom is 0.335 e. The number of non-ortho nitro benzene ring substituents is 1. The summed E-state index contributed by atoms with van der Waals surface area (Å²) in [5, 5.41) is 22.5. The molecule has 20 heavy (non-hydrogen) atoms. The molecule has 0 radical (unpaired) electrons. The highest BCUT2D eigenvalue weighted by Gasteiger charge is 2.08. The van der Waals surface area contributed by atoms with Gasteiger partial charge in [0.25, 0.3) is 5.69 Å². The predicted molar refractivity (Wildman–Crippen MR) is 77.5 cm³/mol. The lowest BCUT2D eigenvalue weighted by molar-refractivity contribution is -0.384. The highest BCUT2D eigenvalue weighted by molar-refractivity contribution is 9.10. The number of aromatic carboxylic acids is 1. The molecule has 2 aromatic rings. The number of hydrogen-bond donors (Lipinski definition) is 2. The molecule has 2 aromatic carbocycles. The third-order valence-electron chi connectivity index (χ3n) is 2.57. The van der Waals surface area contributed by atoms with Gasteiger partial charge in [0, 0.05) is 22.3 Å². The molecule has 0 aromatic heterocycles. The van der Waals surface area contributed by atoms with E-state index < -0.39 is 10.9 Å². The summed E-state index contributed by atoms with van der Waals surface area (Å²) in [6.07, 6.45) is 0. The molecule has 0 aliphatic heterocycles. The lowest BCUT2D eigenvalue weighted by atomic mass is 10.2. The molecular weight excluding hydrogens is 328 g/mol. The van der Waals surface area contributed by atoms with Crippen molar-refractivity contribution in [3.63, 3.8) is 0 Å². The zero-order valence-electron chi connectivity index (χ0n) is 10.0. The van der Waals surface area contributed by atoms with Crippen molar-refractivity contribution in [1.29, 1.82) is 0 Å². The number of benzene rings is 2. The molecule has 0 aliphatic carbocycles. The Morgan fingerprint density at radius 2 is 1.85 bits per heavy atom. The fourth-order valence-electron chi connectivity index (χ4n) is 1.57. The van der Waals surface area contributed by atoms with Crippen molar-refractivity contribution in [2.75, 3.05) is 5.32 Å². The van der Waals surface area contributed by atoms with E-state index in [0.717, 1.165) is 0 Å². The van der Waals surface area contributed by atoms with Gasteiger partial charge in [-0.1, -0.05) is 0 Å². The summed E-state index contributed by atoms with van der Waals surface area (Å²) < 4.78 is 0.593. The SMILES string of the molecule is O=C(O)c1ccc(Nc2ccc([N+](=O)[O-])cc2)c(Br)c1. The monoisotopic (exact) mass is 336 g/mol. The van der Waals surface area contributed by atoms with Gasteiger partial charge in [-0.25, -0.2) is 4.79 Å². The third kappa shape index (κ3) is 3.12. The van der Waals surface area contributed by atoms with Gasteiger partial charge in [-0.2, -0.15) is 0 Å². The van der Waals surface area contributed by atoms with Crippen LogP contribution in [0.1, 0.15) is 10.4 Å². The number of halogens is 1. The minimum atomic E-state index is -1.01. The second-order valence-electron chi connectivity index (χ2n) is 3.93. The van der Waals surface area contributed by atoms with Crippen LogP contribution < -0.4 is 5.32 Å². The van der Waals surface area contributed by atoms with E-state index in [9.17, 15) is 14.9 Å². The fraction of sp³-hybridized carbons (Fsp3) is 0. The Morgan fingerprint density at radius 1 is 1.20 bits per heavy atom. The molecule has 0 heterocycles. The number of nitrogens with zero attached hydrogens (tertiary/aromatic N) is 1. The molecule has 0 unspecified atom stereocenters. The van der Waals surface area contributed by atoms with Crippen LogP contribution in [-0.2, 0) is 0 Å². The molecule has 6 nitrogen and oxygen atoms in total. The first-order valence-corrected chi connectivity index (χ1v) is 6.31. The van der Waals surface area contributed by atoms with Crippen LogP contribution in [0, 0.1) is 10.1 Å². The molecule has 0 atom stereocenters. The molecule has 7 heteroatoms. The normalized spacial score (nSPS) is 10.1. The van der Waals surface area contributed by atoms with E-state index in [0.29, 0.717) is 15.8 Å². The maximum absolute atomic E-state index is 10.8. The largest absolute Gasteiger partial charge is 0.478 e. The van der Waals surface area contributed by atoms with E-state index in [-0.39, 0.29) is 11.3 Å². The highest BCUT2D eigenvalue weighted by atomic mass is 79.9. The highest BCUT2D eigenvalue weighted by Crippen LogP contribution is 2.27. The number of anilines is 2. The van der Waals surface area contributed by atoms with Gasteiger partial charge in [0.1, 0.15) is 0 Å². The molecule has 0 bridgehead atoms. The lowest BCUT2D eigenvalue weighted by Crippen LogP contribution is -1.98. The smallest absolute Gasteiger partial charge is 0.335 e. The molecular formula is C13H9BrN2O4. The van der Waals surface area contributed by atoms with Crippen LogP contribution in [0.3, 0.4) is 0 Å². The zero-order chi connectivity index (χ0) is 14.7. The van der Waals surface area contributed by atoms with Crippen LogP contribution in [0.2, 0.25) is 0 Å². The van der Waals surface area contributed by atoms with E-state index in [2.05, 4.69) is 21.2 Å². The molecule has 0 saturated heterocycles. The lowest BCUT2D eigenvalue weighted by Gasteiger charge is -2.09. The Labute approximate surface area is 122 Å². The minimum Gasteiger partial charge on any atom is -0.478 e. The first-order chi connectivity index (χ1) is 9.47. The summed E-state index contributed by atoms with van der Waals surface area (Å²) in [6.45, 7) is 0. The van der Waals surface area contributed by atoms with E-state index in [1.807, 2.05) is 0 Å². The summed E-state index contributed by atoms with van der Waals surface area (Å²) in [5.74, 6) is -1.01. The number of hydrogen-bond acceptors (Lipinski definition) is 4. The van der Waals surface area contributed by atoms with Crippen molar-refractivity contribution >= 4 is 39.0 Å². The summed E-state index contributed by atoms with van der Waals surface area (Å²) in [5.41, 5.74) is 1.52. The second-order valence-corrected chi connectivity index (χ2v) is 4.78. The summed E-state index contributed by atoms with van der Waals surface area (Å²) in [6, 6.07) is 10.5. The molecule has 2 rings (SSSR count). The Balaban J connectivity index is 2.21. The molecule has 0 amide bonds. The Hall–Kier alpha value is -2.41. The topological polar surface area (TPSA) is 92.5 Å². The first-order valence-electron chi connectivity index (χ1n) is 5.51. The quantitative estimate of drug-likeness (QED) is 0.654. The van der Waals surface area contributed by atoms with Crippen molar-refractivity contribution in [2.45, 2.75) is 0 Å². The fourth-order valence-corrected chi connectivity index (χ4v) is 2.05. The maximum atomic E-state index is 10.8. The second kappa shape index (κ2) is 5.70. The summed E-state index contributed by atoms with van der Waals surface area (Å²) >= 11 is 3.28. The first kappa shape index (κ1) is 14.0. The number of carboxylic acid groups (broad SMARTS) is 1. The third-order valence-corrected chi connectivity index (χ3v) is 3.23. The van der Waals surface area contributed by atoms with Gasteiger partial charge in [0.15, 0.2) is 0 Å². The Bertz CT molecular complexity index is 671. The predicted octanol–water partition coefficient (Wildman–Crippen LogP) is 3.80. The van der Waals surface area contributed by atoms with E-state index in [1.165, 1.54) is 24.3 Å². The van der Waals surface area contributed by atoms with Gasteiger partial charge >= 0.3 is 5.97 Å². The van der Waals surface area contributed by atoms with Crippen LogP contribution in [0.4, 0.5) is 17.1 Å². The number of carboxylic acids is 1. The van der Waals surface area contributed by atoms with Crippen LogP contribution >= 0.6 is 15.9 Å². The number of nitrogens with one attached hydrogen (secondary N) is 1. The van der Waals surface area contributed by atoms with E-state index in [4.69, 9.17) is 5.11 Å². The van der Waals surface area contributed by atoms with Gasteiger partial charge in [-0.3, -0.25) is 10.1 Å². The molecule has 2 N–H and O–H groups in total.